The Kier molecular flexibility index (Phi) is 4.84. The molecule has 0 radical (unpaired) electrons. The van der Waals surface area contributed by atoms with E-state index >= 15 is 0 Å². The number of nitro groups is 1. The molecule has 8 nitrogen and oxygen atoms in total. The predicted octanol–water partition coefficient (Wildman–Crippen LogP) is 2.66. The molecule has 1 amide bonds. The van der Waals surface area contributed by atoms with Crippen LogP contribution in [0.4, 0.5) is 20.2 Å². The third-order valence-corrected chi connectivity index (χ3v) is 2.86. The van der Waals surface area contributed by atoms with E-state index in [1.54, 1.807) is 0 Å². The highest BCUT2D eigenvalue weighted by atomic mass is 19.3. The summed E-state index contributed by atoms with van der Waals surface area (Å²) in [7, 11) is 0. The second kappa shape index (κ2) is 6.81. The molecule has 0 saturated carbocycles. The minimum atomic E-state index is -3.13. The highest BCUT2D eigenvalue weighted by Crippen LogP contribution is 2.30. The van der Waals surface area contributed by atoms with Crippen LogP contribution >= 0.6 is 0 Å². The number of hydrogen-bond acceptors (Lipinski definition) is 5. The molecule has 122 valence electrons. The van der Waals surface area contributed by atoms with Gasteiger partial charge in [-0.25, -0.2) is 0 Å². The Morgan fingerprint density at radius 2 is 2.26 bits per heavy atom. The summed E-state index contributed by atoms with van der Waals surface area (Å²) < 4.78 is 30.5. The van der Waals surface area contributed by atoms with Gasteiger partial charge in [0.05, 0.1) is 22.4 Å². The minimum Gasteiger partial charge on any atom is -0.433 e. The topological polar surface area (TPSA) is 99.3 Å². The van der Waals surface area contributed by atoms with E-state index in [1.165, 1.54) is 17.1 Å². The van der Waals surface area contributed by atoms with Crippen LogP contribution in [0.2, 0.25) is 0 Å². The van der Waals surface area contributed by atoms with Crippen molar-refractivity contribution in [1.82, 2.24) is 9.78 Å². The van der Waals surface area contributed by atoms with Gasteiger partial charge in [0.25, 0.3) is 11.6 Å². The molecule has 0 aliphatic heterocycles. The van der Waals surface area contributed by atoms with Crippen molar-refractivity contribution < 1.29 is 23.2 Å². The Balaban J connectivity index is 2.29. The molecular formula is C13H12F2N4O4. The van der Waals surface area contributed by atoms with E-state index < -0.39 is 17.4 Å². The number of benzene rings is 1. The number of carbonyl (C=O) groups is 1. The van der Waals surface area contributed by atoms with E-state index in [4.69, 9.17) is 0 Å². The van der Waals surface area contributed by atoms with Gasteiger partial charge in [-0.3, -0.25) is 19.6 Å². The molecule has 0 unspecified atom stereocenters. The number of rotatable bonds is 6. The standard InChI is InChI=1S/C13H12F2N4O4/c1-2-18-7-8(6-16-18)12(20)17-10-5-9(19(21)22)3-4-11(10)23-13(14)15/h3-7,13H,2H2,1H3,(H,17,20). The van der Waals surface area contributed by atoms with Crippen LogP contribution in [0.25, 0.3) is 0 Å². The summed E-state index contributed by atoms with van der Waals surface area (Å²) in [5.41, 5.74) is -0.415. The fourth-order valence-corrected chi connectivity index (χ4v) is 1.78. The van der Waals surface area contributed by atoms with E-state index in [-0.39, 0.29) is 22.7 Å². The van der Waals surface area contributed by atoms with E-state index in [0.717, 1.165) is 18.2 Å². The van der Waals surface area contributed by atoms with Crippen molar-refractivity contribution in [2.24, 2.45) is 0 Å². The van der Waals surface area contributed by atoms with Crippen molar-refractivity contribution >= 4 is 17.3 Å². The van der Waals surface area contributed by atoms with Crippen LogP contribution in [0.5, 0.6) is 5.75 Å². The van der Waals surface area contributed by atoms with Crippen molar-refractivity contribution in [2.45, 2.75) is 20.1 Å². The molecule has 0 fully saturated rings. The molecule has 0 bridgehead atoms. The third kappa shape index (κ3) is 3.99. The van der Waals surface area contributed by atoms with Gasteiger partial charge in [0.1, 0.15) is 5.75 Å². The number of carbonyl (C=O) groups excluding carboxylic acids is 1. The quantitative estimate of drug-likeness (QED) is 0.650. The largest absolute Gasteiger partial charge is 0.433 e. The van der Waals surface area contributed by atoms with Crippen molar-refractivity contribution in [2.75, 3.05) is 5.32 Å². The van der Waals surface area contributed by atoms with Crippen LogP contribution in [0.1, 0.15) is 17.3 Å². The zero-order valence-corrected chi connectivity index (χ0v) is 11.9. The molecule has 1 N–H and O–H groups in total. The first-order chi connectivity index (χ1) is 10.9. The highest BCUT2D eigenvalue weighted by molar-refractivity contribution is 6.04. The average Bonchev–Trinajstić information content (AvgIpc) is 2.97. The molecular weight excluding hydrogens is 314 g/mol. The summed E-state index contributed by atoms with van der Waals surface area (Å²) in [5, 5.41) is 17.0. The van der Waals surface area contributed by atoms with Crippen molar-refractivity contribution in [3.63, 3.8) is 0 Å². The summed E-state index contributed by atoms with van der Waals surface area (Å²) in [4.78, 5) is 22.1. The number of hydrogen-bond donors (Lipinski definition) is 1. The first kappa shape index (κ1) is 16.3. The monoisotopic (exact) mass is 326 g/mol. The van der Waals surface area contributed by atoms with Gasteiger partial charge in [-0.2, -0.15) is 13.9 Å². The van der Waals surface area contributed by atoms with E-state index in [0.29, 0.717) is 6.54 Å². The van der Waals surface area contributed by atoms with Gasteiger partial charge in [0.15, 0.2) is 0 Å². The molecule has 1 aromatic heterocycles. The zero-order valence-electron chi connectivity index (χ0n) is 11.9. The lowest BCUT2D eigenvalue weighted by Crippen LogP contribution is -2.13. The number of nitrogens with zero attached hydrogens (tertiary/aromatic N) is 3. The van der Waals surface area contributed by atoms with Gasteiger partial charge in [0.2, 0.25) is 0 Å². The van der Waals surface area contributed by atoms with E-state index in [1.807, 2.05) is 6.92 Å². The maximum atomic E-state index is 12.4. The van der Waals surface area contributed by atoms with Crippen molar-refractivity contribution in [3.8, 4) is 5.75 Å². The number of nitrogens with one attached hydrogen (secondary N) is 1. The Morgan fingerprint density at radius 3 is 2.83 bits per heavy atom. The van der Waals surface area contributed by atoms with Crippen LogP contribution in [-0.2, 0) is 6.54 Å². The number of alkyl halides is 2. The van der Waals surface area contributed by atoms with Gasteiger partial charge in [-0.05, 0) is 13.0 Å². The lowest BCUT2D eigenvalue weighted by atomic mass is 10.2. The maximum absolute atomic E-state index is 12.4. The maximum Gasteiger partial charge on any atom is 0.387 e. The number of ether oxygens (including phenoxy) is 1. The Bertz CT molecular complexity index is 733. The van der Waals surface area contributed by atoms with E-state index in [2.05, 4.69) is 15.2 Å². The van der Waals surface area contributed by atoms with Crippen LogP contribution < -0.4 is 10.1 Å². The molecule has 23 heavy (non-hydrogen) atoms. The Labute approximate surface area is 128 Å². The molecule has 0 aliphatic carbocycles. The molecule has 0 spiro atoms. The normalized spacial score (nSPS) is 10.6. The van der Waals surface area contributed by atoms with Gasteiger partial charge in [-0.15, -0.1) is 0 Å². The molecule has 10 heteroatoms. The molecule has 0 aliphatic rings. The summed E-state index contributed by atoms with van der Waals surface area (Å²) in [5.74, 6) is -1.02. The second-order valence-electron chi connectivity index (χ2n) is 4.35. The molecule has 1 aromatic carbocycles. The first-order valence-electron chi connectivity index (χ1n) is 6.47. The molecule has 2 rings (SSSR count). The molecule has 1 heterocycles. The molecule has 0 atom stereocenters. The number of aromatic nitrogens is 2. The summed E-state index contributed by atoms with van der Waals surface area (Å²) in [6.07, 6.45) is 2.75. The zero-order chi connectivity index (χ0) is 17.0. The smallest absolute Gasteiger partial charge is 0.387 e. The summed E-state index contributed by atoms with van der Waals surface area (Å²) in [6, 6.07) is 2.94. The fraction of sp³-hybridized carbons (Fsp3) is 0.231. The minimum absolute atomic E-state index is 0.182. The SMILES string of the molecule is CCn1cc(C(=O)Nc2cc([N+](=O)[O-])ccc2OC(F)F)cn1. The van der Waals surface area contributed by atoms with Gasteiger partial charge < -0.3 is 10.1 Å². The van der Waals surface area contributed by atoms with Crippen LogP contribution in [0.15, 0.2) is 30.6 Å². The van der Waals surface area contributed by atoms with Gasteiger partial charge >= 0.3 is 6.61 Å². The second-order valence-corrected chi connectivity index (χ2v) is 4.35. The first-order valence-corrected chi connectivity index (χ1v) is 6.47. The number of anilines is 1. The third-order valence-electron chi connectivity index (χ3n) is 2.86. The highest BCUT2D eigenvalue weighted by Gasteiger charge is 2.18. The van der Waals surface area contributed by atoms with Crippen molar-refractivity contribution in [3.05, 3.63) is 46.3 Å². The fourth-order valence-electron chi connectivity index (χ4n) is 1.78. The van der Waals surface area contributed by atoms with E-state index in [9.17, 15) is 23.7 Å². The Hall–Kier alpha value is -3.04. The average molecular weight is 326 g/mol. The predicted molar refractivity (Wildman–Crippen MR) is 75.6 cm³/mol. The lowest BCUT2D eigenvalue weighted by molar-refractivity contribution is -0.384. The van der Waals surface area contributed by atoms with Crippen LogP contribution in [0.3, 0.4) is 0 Å². The number of nitro benzene ring substituents is 1. The Morgan fingerprint density at radius 1 is 1.52 bits per heavy atom. The van der Waals surface area contributed by atoms with Crippen molar-refractivity contribution in [1.29, 1.82) is 0 Å². The molecule has 2 aromatic rings. The lowest BCUT2D eigenvalue weighted by Gasteiger charge is -2.11. The molecule has 0 saturated heterocycles. The van der Waals surface area contributed by atoms with Gasteiger partial charge in [0, 0.05) is 24.9 Å². The number of aryl methyl sites for hydroxylation is 1. The summed E-state index contributed by atoms with van der Waals surface area (Å²) in [6.45, 7) is -0.761. The number of halogens is 2. The summed E-state index contributed by atoms with van der Waals surface area (Å²) >= 11 is 0. The van der Waals surface area contributed by atoms with Gasteiger partial charge in [-0.1, -0.05) is 0 Å². The number of amides is 1. The van der Waals surface area contributed by atoms with Crippen LogP contribution in [-0.4, -0.2) is 27.2 Å². The number of non-ortho nitro benzene ring substituents is 1. The van der Waals surface area contributed by atoms with Crippen LogP contribution in [0, 0.1) is 10.1 Å².